The van der Waals surface area contributed by atoms with Crippen molar-refractivity contribution in [2.24, 2.45) is 0 Å². The van der Waals surface area contributed by atoms with E-state index in [1.807, 2.05) is 46.6 Å². The number of fused-ring (bicyclic) bond motifs is 5. The third-order valence-corrected chi connectivity index (χ3v) is 8.30. The van der Waals surface area contributed by atoms with Crippen LogP contribution in [0.15, 0.2) is 66.9 Å². The van der Waals surface area contributed by atoms with Crippen molar-refractivity contribution in [3.8, 4) is 10.8 Å². The molecule has 4 aromatic rings. The van der Waals surface area contributed by atoms with Crippen molar-refractivity contribution >= 4 is 23.1 Å². The van der Waals surface area contributed by atoms with Gasteiger partial charge in [0.05, 0.1) is 25.4 Å². The van der Waals surface area contributed by atoms with Crippen molar-refractivity contribution in [3.05, 3.63) is 99.9 Å². The fourth-order valence-corrected chi connectivity index (χ4v) is 6.66. The Bertz CT molecular complexity index is 1410. The maximum absolute atomic E-state index is 13.9. The Morgan fingerprint density at radius 3 is 2.58 bits per heavy atom. The van der Waals surface area contributed by atoms with Gasteiger partial charge < -0.3 is 24.4 Å². The molecule has 4 heterocycles. The molecule has 0 spiro atoms. The molecule has 2 amide bonds. The Hall–Kier alpha value is -3.62. The fraction of sp³-hybridized carbons (Fsp3) is 0.250. The minimum atomic E-state index is -0.337. The Labute approximate surface area is 213 Å². The van der Waals surface area contributed by atoms with E-state index in [1.54, 1.807) is 19.2 Å². The highest BCUT2D eigenvalue weighted by molar-refractivity contribution is 7.15. The van der Waals surface area contributed by atoms with Crippen molar-refractivity contribution in [3.63, 3.8) is 0 Å². The Balaban J connectivity index is 1.48. The zero-order valence-corrected chi connectivity index (χ0v) is 21.0. The average Bonchev–Trinajstić information content (AvgIpc) is 3.47. The van der Waals surface area contributed by atoms with Crippen LogP contribution in [0.5, 0.6) is 5.75 Å². The van der Waals surface area contributed by atoms with Gasteiger partial charge in [0.2, 0.25) is 0 Å². The first-order valence-corrected chi connectivity index (χ1v) is 12.8. The normalized spacial score (nSPS) is 17.1. The number of carbonyl (C=O) groups is 1. The molecular formula is C28H27FN4O2S. The number of benzene rings is 2. The summed E-state index contributed by atoms with van der Waals surface area (Å²) >= 11 is 1.83. The number of hydrogen-bond acceptors (Lipinski definition) is 4. The van der Waals surface area contributed by atoms with Crippen molar-refractivity contribution in [2.45, 2.75) is 25.6 Å². The molecular weight excluding hydrogens is 475 g/mol. The molecule has 0 radical (unpaired) electrons. The molecule has 0 aliphatic carbocycles. The highest BCUT2D eigenvalue weighted by Crippen LogP contribution is 2.43. The molecule has 8 heteroatoms. The number of aromatic nitrogens is 1. The van der Waals surface area contributed by atoms with Crippen LogP contribution in [0.2, 0.25) is 0 Å². The summed E-state index contributed by atoms with van der Waals surface area (Å²) < 4.78 is 21.1. The first-order chi connectivity index (χ1) is 17.5. The Morgan fingerprint density at radius 2 is 1.83 bits per heavy atom. The van der Waals surface area contributed by atoms with Crippen LogP contribution < -0.4 is 10.1 Å². The molecule has 2 aromatic heterocycles. The van der Waals surface area contributed by atoms with Gasteiger partial charge in [0, 0.05) is 35.4 Å². The van der Waals surface area contributed by atoms with Crippen LogP contribution in [-0.2, 0) is 19.5 Å². The van der Waals surface area contributed by atoms with Gasteiger partial charge in [-0.2, -0.15) is 0 Å². The lowest BCUT2D eigenvalue weighted by atomic mass is 10.00. The van der Waals surface area contributed by atoms with Crippen LogP contribution in [0, 0.1) is 5.82 Å². The zero-order chi connectivity index (χ0) is 24.8. The molecule has 2 aliphatic rings. The van der Waals surface area contributed by atoms with E-state index in [-0.39, 0.29) is 17.9 Å². The summed E-state index contributed by atoms with van der Waals surface area (Å²) in [4.78, 5) is 19.5. The summed E-state index contributed by atoms with van der Waals surface area (Å²) in [6.07, 6.45) is 3.06. The Morgan fingerprint density at radius 1 is 1.06 bits per heavy atom. The molecule has 36 heavy (non-hydrogen) atoms. The minimum absolute atomic E-state index is 0.226. The van der Waals surface area contributed by atoms with Crippen LogP contribution >= 0.6 is 11.3 Å². The third kappa shape index (κ3) is 3.96. The van der Waals surface area contributed by atoms with Gasteiger partial charge in [-0.1, -0.05) is 12.1 Å². The van der Waals surface area contributed by atoms with E-state index in [4.69, 9.17) is 4.74 Å². The number of nitrogens with zero attached hydrogens (tertiary/aromatic N) is 3. The van der Waals surface area contributed by atoms with E-state index < -0.39 is 0 Å². The second-order valence-corrected chi connectivity index (χ2v) is 10.4. The van der Waals surface area contributed by atoms with Gasteiger partial charge in [0.15, 0.2) is 0 Å². The molecule has 0 saturated heterocycles. The molecule has 1 N–H and O–H groups in total. The van der Waals surface area contributed by atoms with Gasteiger partial charge in [0.1, 0.15) is 16.6 Å². The number of ether oxygens (including phenoxy) is 1. The summed E-state index contributed by atoms with van der Waals surface area (Å²) in [6, 6.07) is 17.4. The van der Waals surface area contributed by atoms with E-state index in [1.165, 1.54) is 33.1 Å². The largest absolute Gasteiger partial charge is 0.497 e. The summed E-state index contributed by atoms with van der Waals surface area (Å²) in [7, 11) is 3.80. The van der Waals surface area contributed by atoms with Crippen LogP contribution in [0.1, 0.15) is 33.3 Å². The van der Waals surface area contributed by atoms with Crippen LogP contribution in [0.4, 0.5) is 14.9 Å². The van der Waals surface area contributed by atoms with Gasteiger partial charge in [-0.05, 0) is 73.1 Å². The molecule has 184 valence electrons. The number of hydrogen-bond donors (Lipinski definition) is 1. The number of halogens is 1. The molecule has 0 fully saturated rings. The summed E-state index contributed by atoms with van der Waals surface area (Å²) in [6.45, 7) is 2.40. The number of anilines is 1. The van der Waals surface area contributed by atoms with E-state index >= 15 is 0 Å². The van der Waals surface area contributed by atoms with E-state index in [0.717, 1.165) is 36.5 Å². The van der Waals surface area contributed by atoms with Gasteiger partial charge in [0.25, 0.3) is 0 Å². The van der Waals surface area contributed by atoms with Crippen LogP contribution in [0.25, 0.3) is 5.00 Å². The standard InChI is InChI=1S/C28H27FN4O2S/c1-31-15-13-22-23-16-33(28(34)30-20-9-7-19(29)8-10-20)26(18-5-11-21(35-2)12-6-18)24-4-3-14-32(24)27(23)36-25(22)17-31/h3-12,14,26H,13,15-17H2,1-2H3,(H,30,34)/t26-/m1/s1. The average molecular weight is 503 g/mol. The number of thiophene rings is 1. The zero-order valence-electron chi connectivity index (χ0n) is 20.2. The maximum atomic E-state index is 13.9. The molecule has 1 atom stereocenters. The first-order valence-electron chi connectivity index (χ1n) is 12.0. The lowest BCUT2D eigenvalue weighted by Gasteiger charge is -2.32. The smallest absolute Gasteiger partial charge is 0.322 e. The number of nitrogens with one attached hydrogen (secondary N) is 1. The van der Waals surface area contributed by atoms with Gasteiger partial charge in [-0.25, -0.2) is 9.18 Å². The number of carbonyl (C=O) groups excluding carboxylic acids is 1. The number of methoxy groups -OCH3 is 1. The van der Waals surface area contributed by atoms with Crippen molar-refractivity contribution in [1.82, 2.24) is 14.4 Å². The Kier molecular flexibility index (Phi) is 5.78. The fourth-order valence-electron chi connectivity index (χ4n) is 5.22. The molecule has 6 nitrogen and oxygen atoms in total. The van der Waals surface area contributed by atoms with Crippen molar-refractivity contribution in [1.29, 1.82) is 0 Å². The van der Waals surface area contributed by atoms with Crippen LogP contribution in [0.3, 0.4) is 0 Å². The maximum Gasteiger partial charge on any atom is 0.322 e. The monoisotopic (exact) mass is 502 g/mol. The van der Waals surface area contributed by atoms with Gasteiger partial charge in [-0.3, -0.25) is 0 Å². The number of likely N-dealkylation sites (N-methyl/N-ethyl adjacent to an activating group) is 1. The van der Waals surface area contributed by atoms with Gasteiger partial charge >= 0.3 is 6.03 Å². The molecule has 2 aromatic carbocycles. The number of urea groups is 1. The molecule has 0 saturated carbocycles. The highest BCUT2D eigenvalue weighted by atomic mass is 32.1. The number of rotatable bonds is 3. The van der Waals surface area contributed by atoms with Crippen molar-refractivity contribution < 1.29 is 13.9 Å². The van der Waals surface area contributed by atoms with Gasteiger partial charge in [-0.15, -0.1) is 11.3 Å². The quantitative estimate of drug-likeness (QED) is 0.385. The molecule has 2 aliphatic heterocycles. The highest BCUT2D eigenvalue weighted by Gasteiger charge is 2.36. The van der Waals surface area contributed by atoms with E-state index in [0.29, 0.717) is 12.2 Å². The first kappa shape index (κ1) is 22.8. The minimum Gasteiger partial charge on any atom is -0.497 e. The summed E-state index contributed by atoms with van der Waals surface area (Å²) in [5, 5.41) is 4.19. The van der Waals surface area contributed by atoms with E-state index in [2.05, 4.69) is 34.1 Å². The number of amides is 2. The predicted octanol–water partition coefficient (Wildman–Crippen LogP) is 5.81. The van der Waals surface area contributed by atoms with Crippen LogP contribution in [-0.4, -0.2) is 41.1 Å². The summed E-state index contributed by atoms with van der Waals surface area (Å²) in [5.41, 5.74) is 5.16. The molecule has 0 bridgehead atoms. The summed E-state index contributed by atoms with van der Waals surface area (Å²) in [5.74, 6) is 0.429. The van der Waals surface area contributed by atoms with Crippen molar-refractivity contribution in [2.75, 3.05) is 26.0 Å². The molecule has 0 unspecified atom stereocenters. The second kappa shape index (κ2) is 9.11. The molecule has 6 rings (SSSR count). The topological polar surface area (TPSA) is 49.7 Å². The predicted molar refractivity (Wildman–Crippen MR) is 139 cm³/mol. The SMILES string of the molecule is COc1ccc([C@@H]2c3cccn3-c3sc4c(c3CN2C(=O)Nc2ccc(F)cc2)CCN(C)C4)cc1. The lowest BCUT2D eigenvalue weighted by molar-refractivity contribution is 0.194. The lowest BCUT2D eigenvalue weighted by Crippen LogP contribution is -2.38. The van der Waals surface area contributed by atoms with E-state index in [9.17, 15) is 9.18 Å². The third-order valence-electron chi connectivity index (χ3n) is 7.04. The second-order valence-electron chi connectivity index (χ2n) is 9.32.